The van der Waals surface area contributed by atoms with E-state index in [4.69, 9.17) is 5.73 Å². The van der Waals surface area contributed by atoms with Crippen LogP contribution < -0.4 is 10.6 Å². The van der Waals surface area contributed by atoms with Crippen molar-refractivity contribution in [1.82, 2.24) is 4.98 Å². The van der Waals surface area contributed by atoms with E-state index in [0.29, 0.717) is 0 Å². The maximum Gasteiger partial charge on any atom is 0.185 e. The first-order valence-corrected chi connectivity index (χ1v) is 7.08. The van der Waals surface area contributed by atoms with Crippen LogP contribution in [0.4, 0.5) is 5.13 Å². The van der Waals surface area contributed by atoms with Crippen molar-refractivity contribution < 1.29 is 0 Å². The Bertz CT molecular complexity index is 467. The molecule has 0 saturated carbocycles. The molecule has 0 unspecified atom stereocenters. The third-order valence-electron chi connectivity index (χ3n) is 2.73. The van der Waals surface area contributed by atoms with E-state index >= 15 is 0 Å². The van der Waals surface area contributed by atoms with Crippen LogP contribution in [0.15, 0.2) is 35.7 Å². The molecule has 1 aromatic carbocycles. The molecule has 0 bridgehead atoms. The monoisotopic (exact) mass is 261 g/mol. The molecule has 0 aliphatic rings. The number of nitrogens with two attached hydrogens (primary N) is 1. The minimum Gasteiger partial charge on any atom is -0.344 e. The van der Waals surface area contributed by atoms with Gasteiger partial charge in [-0.2, -0.15) is 0 Å². The average molecular weight is 261 g/mol. The molecule has 0 amide bonds. The highest BCUT2D eigenvalue weighted by Crippen LogP contribution is 2.22. The lowest BCUT2D eigenvalue weighted by Gasteiger charge is -2.21. The molecule has 4 heteroatoms. The number of aryl methyl sites for hydroxylation is 1. The number of aromatic nitrogens is 1. The first kappa shape index (κ1) is 13.1. The lowest BCUT2D eigenvalue weighted by atomic mass is 10.2. The normalized spacial score (nSPS) is 10.6. The Balaban J connectivity index is 2.10. The minimum absolute atomic E-state index is 0.718. The van der Waals surface area contributed by atoms with Gasteiger partial charge < -0.3 is 10.6 Å². The van der Waals surface area contributed by atoms with Crippen molar-refractivity contribution in [2.75, 3.05) is 18.0 Å². The maximum atomic E-state index is 5.61. The molecular weight excluding hydrogens is 242 g/mol. The molecule has 0 aliphatic carbocycles. The highest BCUT2D eigenvalue weighted by atomic mass is 32.1. The van der Waals surface area contributed by atoms with E-state index in [1.54, 1.807) is 11.3 Å². The first-order valence-electron chi connectivity index (χ1n) is 6.20. The van der Waals surface area contributed by atoms with Crippen molar-refractivity contribution in [2.24, 2.45) is 5.73 Å². The summed E-state index contributed by atoms with van der Waals surface area (Å²) in [6.45, 7) is 4.60. The number of benzene rings is 1. The zero-order valence-electron chi connectivity index (χ0n) is 10.7. The van der Waals surface area contributed by atoms with Crippen molar-refractivity contribution in [3.63, 3.8) is 0 Å². The van der Waals surface area contributed by atoms with Gasteiger partial charge >= 0.3 is 0 Å². The van der Waals surface area contributed by atoms with Gasteiger partial charge in [-0.3, -0.25) is 0 Å². The third kappa shape index (κ3) is 3.55. The second-order valence-electron chi connectivity index (χ2n) is 4.32. The number of rotatable bonds is 6. The van der Waals surface area contributed by atoms with Gasteiger partial charge in [0.25, 0.3) is 0 Å². The smallest absolute Gasteiger partial charge is 0.185 e. The van der Waals surface area contributed by atoms with Crippen molar-refractivity contribution in [2.45, 2.75) is 19.9 Å². The molecular formula is C14H19N3S. The van der Waals surface area contributed by atoms with E-state index in [1.165, 1.54) is 5.56 Å². The average Bonchev–Trinajstić information content (AvgIpc) is 2.82. The third-order valence-corrected chi connectivity index (χ3v) is 3.75. The Morgan fingerprint density at radius 3 is 2.67 bits per heavy atom. The van der Waals surface area contributed by atoms with Crippen LogP contribution in [0.5, 0.6) is 0 Å². The Hall–Kier alpha value is -1.39. The number of anilines is 1. The standard InChI is InChI=1S/C14H19N3S/c1-12-11-18-14(16-12)17(9-5-8-15)10-13-6-3-2-4-7-13/h2-4,6-7,11H,5,8-10,15H2,1H3. The molecule has 18 heavy (non-hydrogen) atoms. The Labute approximate surface area is 112 Å². The van der Waals surface area contributed by atoms with Crippen LogP contribution in [0.3, 0.4) is 0 Å². The second-order valence-corrected chi connectivity index (χ2v) is 5.16. The number of hydrogen-bond donors (Lipinski definition) is 1. The largest absolute Gasteiger partial charge is 0.344 e. The van der Waals surface area contributed by atoms with Crippen molar-refractivity contribution in [1.29, 1.82) is 0 Å². The summed E-state index contributed by atoms with van der Waals surface area (Å²) in [6.07, 6.45) is 0.992. The molecule has 2 rings (SSSR count). The quantitative estimate of drug-likeness (QED) is 0.869. The SMILES string of the molecule is Cc1csc(N(CCCN)Cc2ccccc2)n1. The molecule has 1 aromatic heterocycles. The summed E-state index contributed by atoms with van der Waals surface area (Å²) in [5.74, 6) is 0. The van der Waals surface area contributed by atoms with Gasteiger partial charge in [0.05, 0.1) is 5.69 Å². The van der Waals surface area contributed by atoms with Crippen LogP contribution in [-0.4, -0.2) is 18.1 Å². The van der Waals surface area contributed by atoms with Gasteiger partial charge in [0, 0.05) is 18.5 Å². The van der Waals surface area contributed by atoms with E-state index in [2.05, 4.69) is 39.5 Å². The summed E-state index contributed by atoms with van der Waals surface area (Å²) in [5.41, 5.74) is 8.00. The van der Waals surface area contributed by atoms with E-state index in [1.807, 2.05) is 13.0 Å². The van der Waals surface area contributed by atoms with Crippen LogP contribution in [0.25, 0.3) is 0 Å². The molecule has 0 radical (unpaired) electrons. The summed E-state index contributed by atoms with van der Waals surface area (Å²) in [5, 5.41) is 3.18. The zero-order chi connectivity index (χ0) is 12.8. The Kier molecular flexibility index (Phi) is 4.73. The number of hydrogen-bond acceptors (Lipinski definition) is 4. The Morgan fingerprint density at radius 2 is 2.06 bits per heavy atom. The summed E-state index contributed by atoms with van der Waals surface area (Å²) in [4.78, 5) is 6.87. The van der Waals surface area contributed by atoms with Crippen LogP contribution in [0.2, 0.25) is 0 Å². The van der Waals surface area contributed by atoms with E-state index in [0.717, 1.165) is 36.9 Å². The van der Waals surface area contributed by atoms with Crippen LogP contribution >= 0.6 is 11.3 Å². The van der Waals surface area contributed by atoms with Crippen molar-refractivity contribution in [3.05, 3.63) is 47.0 Å². The van der Waals surface area contributed by atoms with Crippen LogP contribution in [0, 0.1) is 6.92 Å². The fourth-order valence-corrected chi connectivity index (χ4v) is 2.65. The van der Waals surface area contributed by atoms with Gasteiger partial charge in [-0.1, -0.05) is 30.3 Å². The van der Waals surface area contributed by atoms with Gasteiger partial charge in [-0.05, 0) is 25.5 Å². The summed E-state index contributed by atoms with van der Waals surface area (Å²) < 4.78 is 0. The first-order chi connectivity index (χ1) is 8.79. The topological polar surface area (TPSA) is 42.1 Å². The van der Waals surface area contributed by atoms with E-state index in [9.17, 15) is 0 Å². The van der Waals surface area contributed by atoms with Crippen molar-refractivity contribution in [3.8, 4) is 0 Å². The predicted molar refractivity (Wildman–Crippen MR) is 78.0 cm³/mol. The van der Waals surface area contributed by atoms with Gasteiger partial charge in [-0.15, -0.1) is 11.3 Å². The maximum absolute atomic E-state index is 5.61. The van der Waals surface area contributed by atoms with Crippen LogP contribution in [-0.2, 0) is 6.54 Å². The fraction of sp³-hybridized carbons (Fsp3) is 0.357. The molecule has 0 aliphatic heterocycles. The van der Waals surface area contributed by atoms with Crippen LogP contribution in [0.1, 0.15) is 17.7 Å². The summed E-state index contributed by atoms with van der Waals surface area (Å²) in [7, 11) is 0. The van der Waals surface area contributed by atoms with Gasteiger partial charge in [0.15, 0.2) is 5.13 Å². The zero-order valence-corrected chi connectivity index (χ0v) is 11.5. The summed E-state index contributed by atoms with van der Waals surface area (Å²) in [6, 6.07) is 10.5. The van der Waals surface area contributed by atoms with Gasteiger partial charge in [0.1, 0.15) is 0 Å². The molecule has 0 atom stereocenters. The molecule has 2 N–H and O–H groups in total. The lowest BCUT2D eigenvalue weighted by molar-refractivity contribution is 0.732. The molecule has 96 valence electrons. The molecule has 0 spiro atoms. The van der Waals surface area contributed by atoms with Gasteiger partial charge in [-0.25, -0.2) is 4.98 Å². The minimum atomic E-state index is 0.718. The number of nitrogens with zero attached hydrogens (tertiary/aromatic N) is 2. The molecule has 2 aromatic rings. The van der Waals surface area contributed by atoms with E-state index in [-0.39, 0.29) is 0 Å². The molecule has 0 fully saturated rings. The molecule has 1 heterocycles. The summed E-state index contributed by atoms with van der Waals surface area (Å²) >= 11 is 1.70. The highest BCUT2D eigenvalue weighted by Gasteiger charge is 2.10. The van der Waals surface area contributed by atoms with E-state index < -0.39 is 0 Å². The second kappa shape index (κ2) is 6.52. The lowest BCUT2D eigenvalue weighted by Crippen LogP contribution is -2.25. The van der Waals surface area contributed by atoms with Gasteiger partial charge in [0.2, 0.25) is 0 Å². The number of thiazole rings is 1. The Morgan fingerprint density at radius 1 is 1.28 bits per heavy atom. The fourth-order valence-electron chi connectivity index (χ4n) is 1.82. The van der Waals surface area contributed by atoms with Crippen molar-refractivity contribution >= 4 is 16.5 Å². The predicted octanol–water partition coefficient (Wildman–Crippen LogP) is 2.81. The molecule has 3 nitrogen and oxygen atoms in total. The highest BCUT2D eigenvalue weighted by molar-refractivity contribution is 7.13. The molecule has 0 saturated heterocycles.